The smallest absolute Gasteiger partial charge is 0.141 e. The Bertz CT molecular complexity index is 315. The van der Waals surface area contributed by atoms with Gasteiger partial charge in [0.2, 0.25) is 0 Å². The predicted molar refractivity (Wildman–Crippen MR) is 71.1 cm³/mol. The highest BCUT2D eigenvalue weighted by molar-refractivity contribution is 5.29. The zero-order valence-electron chi connectivity index (χ0n) is 11.0. The third-order valence-corrected chi connectivity index (χ3v) is 2.99. The second-order valence-corrected chi connectivity index (χ2v) is 4.40. The van der Waals surface area contributed by atoms with Crippen LogP contribution in [0.5, 0.6) is 5.75 Å². The molecule has 17 heavy (non-hydrogen) atoms. The average Bonchev–Trinajstić information content (AvgIpc) is 2.38. The Morgan fingerprint density at radius 3 is 2.76 bits per heavy atom. The molecule has 0 spiro atoms. The summed E-state index contributed by atoms with van der Waals surface area (Å²) in [6.07, 6.45) is 9.09. The summed E-state index contributed by atoms with van der Waals surface area (Å²) in [7, 11) is 1.66. The summed E-state index contributed by atoms with van der Waals surface area (Å²) in [6.45, 7) is 2.23. The van der Waals surface area contributed by atoms with Crippen molar-refractivity contribution in [2.45, 2.75) is 51.5 Å². The van der Waals surface area contributed by atoms with Gasteiger partial charge in [-0.3, -0.25) is 4.98 Å². The third kappa shape index (κ3) is 4.73. The molecule has 0 saturated heterocycles. The normalized spacial score (nSPS) is 12.4. The van der Waals surface area contributed by atoms with E-state index in [0.717, 1.165) is 17.9 Å². The molecule has 1 aromatic heterocycles. The van der Waals surface area contributed by atoms with Crippen molar-refractivity contribution >= 4 is 0 Å². The number of methoxy groups -OCH3 is 1. The van der Waals surface area contributed by atoms with Crippen LogP contribution in [0.2, 0.25) is 0 Å². The summed E-state index contributed by atoms with van der Waals surface area (Å²) in [5.74, 6) is 0.800. The summed E-state index contributed by atoms with van der Waals surface area (Å²) in [5, 5.41) is 0. The Morgan fingerprint density at radius 2 is 2.06 bits per heavy atom. The highest BCUT2D eigenvalue weighted by Gasteiger charge is 2.12. The van der Waals surface area contributed by atoms with Crippen LogP contribution in [0, 0.1) is 0 Å². The van der Waals surface area contributed by atoms with E-state index in [4.69, 9.17) is 10.5 Å². The minimum absolute atomic E-state index is 0.00669. The van der Waals surface area contributed by atoms with E-state index in [1.54, 1.807) is 13.3 Å². The van der Waals surface area contributed by atoms with Crippen molar-refractivity contribution in [3.8, 4) is 5.75 Å². The first kappa shape index (κ1) is 14.0. The molecule has 3 nitrogen and oxygen atoms in total. The van der Waals surface area contributed by atoms with Gasteiger partial charge in [0.05, 0.1) is 18.8 Å². The zero-order valence-corrected chi connectivity index (χ0v) is 11.0. The SMILES string of the molecule is CCCCCCCC(N)c1ncccc1OC. The van der Waals surface area contributed by atoms with Gasteiger partial charge in [-0.25, -0.2) is 0 Å². The van der Waals surface area contributed by atoms with E-state index >= 15 is 0 Å². The highest BCUT2D eigenvalue weighted by atomic mass is 16.5. The first-order valence-corrected chi connectivity index (χ1v) is 6.54. The quantitative estimate of drug-likeness (QED) is 0.703. The van der Waals surface area contributed by atoms with Gasteiger partial charge in [-0.2, -0.15) is 0 Å². The standard InChI is InChI=1S/C14H24N2O/c1-3-4-5-6-7-9-12(15)14-13(17-2)10-8-11-16-14/h8,10-12H,3-7,9,15H2,1-2H3. The largest absolute Gasteiger partial charge is 0.495 e. The topological polar surface area (TPSA) is 48.1 Å². The number of aromatic nitrogens is 1. The van der Waals surface area contributed by atoms with Crippen molar-refractivity contribution in [2.24, 2.45) is 5.73 Å². The number of pyridine rings is 1. The van der Waals surface area contributed by atoms with Crippen molar-refractivity contribution in [1.82, 2.24) is 4.98 Å². The van der Waals surface area contributed by atoms with E-state index in [1.165, 1.54) is 32.1 Å². The van der Waals surface area contributed by atoms with E-state index < -0.39 is 0 Å². The van der Waals surface area contributed by atoms with Crippen LogP contribution in [0.4, 0.5) is 0 Å². The van der Waals surface area contributed by atoms with Crippen molar-refractivity contribution < 1.29 is 4.74 Å². The van der Waals surface area contributed by atoms with Crippen LogP contribution in [0.15, 0.2) is 18.3 Å². The molecule has 0 amide bonds. The Kier molecular flexibility index (Phi) is 6.63. The van der Waals surface area contributed by atoms with Crippen LogP contribution in [0.25, 0.3) is 0 Å². The van der Waals surface area contributed by atoms with E-state index in [2.05, 4.69) is 11.9 Å². The summed E-state index contributed by atoms with van der Waals surface area (Å²) in [6, 6.07) is 3.78. The second-order valence-electron chi connectivity index (χ2n) is 4.40. The first-order chi connectivity index (χ1) is 8.29. The van der Waals surface area contributed by atoms with E-state index in [-0.39, 0.29) is 6.04 Å². The minimum Gasteiger partial charge on any atom is -0.495 e. The lowest BCUT2D eigenvalue weighted by Gasteiger charge is -2.14. The van der Waals surface area contributed by atoms with Crippen LogP contribution in [0.1, 0.15) is 57.2 Å². The predicted octanol–water partition coefficient (Wildman–Crippen LogP) is 3.45. The fourth-order valence-electron chi connectivity index (χ4n) is 1.96. The number of rotatable bonds is 8. The summed E-state index contributed by atoms with van der Waals surface area (Å²) < 4.78 is 5.27. The molecule has 0 bridgehead atoms. The highest BCUT2D eigenvalue weighted by Crippen LogP contribution is 2.24. The van der Waals surface area contributed by atoms with Crippen molar-refractivity contribution in [3.63, 3.8) is 0 Å². The number of hydrogen-bond acceptors (Lipinski definition) is 3. The third-order valence-electron chi connectivity index (χ3n) is 2.99. The maximum absolute atomic E-state index is 6.14. The molecule has 0 radical (unpaired) electrons. The molecule has 1 heterocycles. The van der Waals surface area contributed by atoms with Gasteiger partial charge in [0, 0.05) is 6.20 Å². The number of nitrogens with two attached hydrogens (primary N) is 1. The Labute approximate surface area is 104 Å². The van der Waals surface area contributed by atoms with Crippen molar-refractivity contribution in [1.29, 1.82) is 0 Å². The number of nitrogens with zero attached hydrogens (tertiary/aromatic N) is 1. The fourth-order valence-corrected chi connectivity index (χ4v) is 1.96. The number of hydrogen-bond donors (Lipinski definition) is 1. The lowest BCUT2D eigenvalue weighted by atomic mass is 10.0. The maximum atomic E-state index is 6.14. The van der Waals surface area contributed by atoms with Crippen LogP contribution >= 0.6 is 0 Å². The van der Waals surface area contributed by atoms with E-state index in [9.17, 15) is 0 Å². The Morgan fingerprint density at radius 1 is 1.29 bits per heavy atom. The van der Waals surface area contributed by atoms with Crippen LogP contribution in [0.3, 0.4) is 0 Å². The molecular formula is C14H24N2O. The average molecular weight is 236 g/mol. The van der Waals surface area contributed by atoms with Gasteiger partial charge in [-0.05, 0) is 18.6 Å². The molecule has 0 aliphatic rings. The monoisotopic (exact) mass is 236 g/mol. The van der Waals surface area contributed by atoms with Gasteiger partial charge in [0.25, 0.3) is 0 Å². The van der Waals surface area contributed by atoms with Crippen molar-refractivity contribution in [3.05, 3.63) is 24.0 Å². The van der Waals surface area contributed by atoms with Crippen LogP contribution < -0.4 is 10.5 Å². The lowest BCUT2D eigenvalue weighted by molar-refractivity contribution is 0.398. The molecule has 1 rings (SSSR count). The molecule has 96 valence electrons. The molecule has 0 saturated carbocycles. The summed E-state index contributed by atoms with van der Waals surface area (Å²) >= 11 is 0. The Hall–Kier alpha value is -1.09. The molecule has 0 aliphatic carbocycles. The fraction of sp³-hybridized carbons (Fsp3) is 0.643. The second kappa shape index (κ2) is 8.07. The first-order valence-electron chi connectivity index (χ1n) is 6.54. The van der Waals surface area contributed by atoms with Gasteiger partial charge >= 0.3 is 0 Å². The van der Waals surface area contributed by atoms with Gasteiger partial charge < -0.3 is 10.5 Å². The zero-order chi connectivity index (χ0) is 12.5. The Balaban J connectivity index is 2.38. The van der Waals surface area contributed by atoms with Gasteiger partial charge in [0.1, 0.15) is 5.75 Å². The van der Waals surface area contributed by atoms with E-state index in [0.29, 0.717) is 0 Å². The van der Waals surface area contributed by atoms with Gasteiger partial charge in [-0.1, -0.05) is 39.0 Å². The lowest BCUT2D eigenvalue weighted by Crippen LogP contribution is -2.13. The molecule has 3 heteroatoms. The molecule has 2 N–H and O–H groups in total. The van der Waals surface area contributed by atoms with Gasteiger partial charge in [0.15, 0.2) is 0 Å². The van der Waals surface area contributed by atoms with E-state index in [1.807, 2.05) is 12.1 Å². The molecule has 0 aliphatic heterocycles. The van der Waals surface area contributed by atoms with Crippen LogP contribution in [-0.4, -0.2) is 12.1 Å². The molecule has 0 aromatic carbocycles. The summed E-state index contributed by atoms with van der Waals surface area (Å²) in [4.78, 5) is 4.31. The van der Waals surface area contributed by atoms with Crippen molar-refractivity contribution in [2.75, 3.05) is 7.11 Å². The number of unbranched alkanes of at least 4 members (excludes halogenated alkanes) is 4. The molecule has 1 unspecified atom stereocenters. The molecule has 1 aromatic rings. The molecule has 1 atom stereocenters. The summed E-state index contributed by atoms with van der Waals surface area (Å²) in [5.41, 5.74) is 7.02. The minimum atomic E-state index is -0.00669. The molecular weight excluding hydrogens is 212 g/mol. The maximum Gasteiger partial charge on any atom is 0.141 e. The van der Waals surface area contributed by atoms with Gasteiger partial charge in [-0.15, -0.1) is 0 Å². The van der Waals surface area contributed by atoms with Crippen LogP contribution in [-0.2, 0) is 0 Å². The number of ether oxygens (including phenoxy) is 1. The molecule has 0 fully saturated rings.